The molecule has 2 rings (SSSR count). The Kier molecular flexibility index (Phi) is 5.07. The molecule has 2 aromatic heterocycles. The molecule has 0 radical (unpaired) electrons. The van der Waals surface area contributed by atoms with Gasteiger partial charge in [-0.25, -0.2) is 12.7 Å². The fourth-order valence-electron chi connectivity index (χ4n) is 1.66. The predicted molar refractivity (Wildman–Crippen MR) is 84.2 cm³/mol. The molecule has 0 fully saturated rings. The van der Waals surface area contributed by atoms with Crippen LogP contribution >= 0.6 is 27.3 Å². The first kappa shape index (κ1) is 16.5. The van der Waals surface area contributed by atoms with Crippen LogP contribution in [0.3, 0.4) is 0 Å². The lowest BCUT2D eigenvalue weighted by molar-refractivity contribution is 0.156. The van der Waals surface area contributed by atoms with E-state index in [4.69, 9.17) is 9.26 Å². The molecule has 0 atom stereocenters. The second-order valence-corrected chi connectivity index (χ2v) is 8.67. The van der Waals surface area contributed by atoms with Gasteiger partial charge in [0.25, 0.3) is 10.0 Å². The van der Waals surface area contributed by atoms with Gasteiger partial charge in [-0.3, -0.25) is 0 Å². The van der Waals surface area contributed by atoms with Crippen LogP contribution in [0.4, 0.5) is 5.82 Å². The molecular formula is C12H15BrN2O4S2. The highest BCUT2D eigenvalue weighted by molar-refractivity contribution is 9.11. The van der Waals surface area contributed by atoms with E-state index < -0.39 is 10.0 Å². The maximum Gasteiger partial charge on any atom is 0.269 e. The molecule has 0 saturated heterocycles. The van der Waals surface area contributed by atoms with Crippen molar-refractivity contribution in [1.29, 1.82) is 0 Å². The van der Waals surface area contributed by atoms with Gasteiger partial charge in [-0.1, -0.05) is 5.16 Å². The number of aromatic nitrogens is 1. The normalized spacial score (nSPS) is 11.8. The number of halogens is 1. The SMILES string of the molecule is CCOCN(c1cc(C)on1)S(=O)(=O)c1cc(C)sc1Br. The van der Waals surface area contributed by atoms with E-state index in [1.165, 1.54) is 11.3 Å². The molecule has 0 aliphatic heterocycles. The Morgan fingerprint density at radius 3 is 2.62 bits per heavy atom. The van der Waals surface area contributed by atoms with E-state index in [1.54, 1.807) is 26.0 Å². The van der Waals surface area contributed by atoms with E-state index in [0.29, 0.717) is 16.2 Å². The van der Waals surface area contributed by atoms with Crippen molar-refractivity contribution in [2.75, 3.05) is 17.6 Å². The van der Waals surface area contributed by atoms with E-state index in [0.717, 1.165) is 9.18 Å². The van der Waals surface area contributed by atoms with Crippen molar-refractivity contribution in [3.8, 4) is 0 Å². The first-order chi connectivity index (χ1) is 9.86. The van der Waals surface area contributed by atoms with Gasteiger partial charge >= 0.3 is 0 Å². The van der Waals surface area contributed by atoms with E-state index in [9.17, 15) is 8.42 Å². The van der Waals surface area contributed by atoms with Gasteiger partial charge in [0.15, 0.2) is 5.82 Å². The lowest BCUT2D eigenvalue weighted by atomic mass is 10.5. The average Bonchev–Trinajstić information content (AvgIpc) is 2.96. The van der Waals surface area contributed by atoms with E-state index in [2.05, 4.69) is 21.1 Å². The number of aryl methyl sites for hydroxylation is 2. The molecule has 0 aliphatic carbocycles. The molecule has 0 amide bonds. The fraction of sp³-hybridized carbons (Fsp3) is 0.417. The van der Waals surface area contributed by atoms with Crippen molar-refractivity contribution in [2.45, 2.75) is 25.7 Å². The Labute approximate surface area is 135 Å². The summed E-state index contributed by atoms with van der Waals surface area (Å²) in [7, 11) is -3.77. The smallest absolute Gasteiger partial charge is 0.269 e. The number of sulfonamides is 1. The van der Waals surface area contributed by atoms with Gasteiger partial charge < -0.3 is 9.26 Å². The lowest BCUT2D eigenvalue weighted by Crippen LogP contribution is -2.33. The zero-order valence-corrected chi connectivity index (χ0v) is 15.0. The van der Waals surface area contributed by atoms with Crippen LogP contribution in [0.5, 0.6) is 0 Å². The van der Waals surface area contributed by atoms with Gasteiger partial charge in [0.05, 0.1) is 3.79 Å². The average molecular weight is 395 g/mol. The van der Waals surface area contributed by atoms with Crippen molar-refractivity contribution in [3.05, 3.63) is 26.6 Å². The highest BCUT2D eigenvalue weighted by atomic mass is 79.9. The Hall–Kier alpha value is -0.900. The van der Waals surface area contributed by atoms with Crippen LogP contribution in [0.1, 0.15) is 17.6 Å². The quantitative estimate of drug-likeness (QED) is 0.702. The zero-order chi connectivity index (χ0) is 15.6. The van der Waals surface area contributed by atoms with Crippen LogP contribution in [0.2, 0.25) is 0 Å². The summed E-state index contributed by atoms with van der Waals surface area (Å²) in [5, 5.41) is 3.78. The van der Waals surface area contributed by atoms with Crippen molar-refractivity contribution in [3.63, 3.8) is 0 Å². The molecule has 0 aromatic carbocycles. The van der Waals surface area contributed by atoms with Gasteiger partial charge in [-0.15, -0.1) is 11.3 Å². The second kappa shape index (κ2) is 6.47. The van der Waals surface area contributed by atoms with Gasteiger partial charge in [0.2, 0.25) is 0 Å². The largest absolute Gasteiger partial charge is 0.360 e. The number of hydrogen-bond donors (Lipinski definition) is 0. The summed E-state index contributed by atoms with van der Waals surface area (Å²) in [6.45, 7) is 5.62. The summed E-state index contributed by atoms with van der Waals surface area (Å²) < 4.78 is 37.5. The minimum Gasteiger partial charge on any atom is -0.360 e. The summed E-state index contributed by atoms with van der Waals surface area (Å²) in [5.74, 6) is 0.735. The van der Waals surface area contributed by atoms with Crippen molar-refractivity contribution in [1.82, 2.24) is 5.16 Å². The third-order valence-corrected chi connectivity index (χ3v) is 6.52. The first-order valence-corrected chi connectivity index (χ1v) is 9.21. The fourth-order valence-corrected chi connectivity index (χ4v) is 5.60. The Balaban J connectivity index is 2.46. The Morgan fingerprint density at radius 1 is 1.43 bits per heavy atom. The van der Waals surface area contributed by atoms with Crippen LogP contribution in [0.25, 0.3) is 0 Å². The topological polar surface area (TPSA) is 72.6 Å². The van der Waals surface area contributed by atoms with Crippen LogP contribution in [0, 0.1) is 13.8 Å². The molecule has 0 N–H and O–H groups in total. The molecule has 0 unspecified atom stereocenters. The minimum absolute atomic E-state index is 0.119. The highest BCUT2D eigenvalue weighted by Crippen LogP contribution is 2.34. The minimum atomic E-state index is -3.77. The number of nitrogens with zero attached hydrogens (tertiary/aromatic N) is 2. The summed E-state index contributed by atoms with van der Waals surface area (Å²) >= 11 is 4.66. The molecule has 9 heteroatoms. The third kappa shape index (κ3) is 3.47. The first-order valence-electron chi connectivity index (χ1n) is 6.16. The molecule has 0 saturated carbocycles. The molecule has 0 bridgehead atoms. The van der Waals surface area contributed by atoms with Crippen LogP contribution in [-0.4, -0.2) is 26.9 Å². The number of thiophene rings is 1. The third-order valence-electron chi connectivity index (χ3n) is 2.63. The second-order valence-electron chi connectivity index (χ2n) is 4.27. The van der Waals surface area contributed by atoms with Crippen LogP contribution in [-0.2, 0) is 14.8 Å². The maximum absolute atomic E-state index is 12.8. The van der Waals surface area contributed by atoms with Gasteiger partial charge in [-0.05, 0) is 42.8 Å². The Bertz CT molecular complexity index is 723. The molecule has 116 valence electrons. The summed E-state index contributed by atoms with van der Waals surface area (Å²) in [6.07, 6.45) is 0. The summed E-state index contributed by atoms with van der Waals surface area (Å²) in [6, 6.07) is 3.18. The highest BCUT2D eigenvalue weighted by Gasteiger charge is 2.30. The van der Waals surface area contributed by atoms with Crippen LogP contribution < -0.4 is 4.31 Å². The standard InChI is InChI=1S/C12H15BrN2O4S2/c1-4-18-7-15(11-5-8(2)19-14-11)21(16,17)10-6-9(3)20-12(10)13/h5-6H,4,7H2,1-3H3. The monoisotopic (exact) mass is 394 g/mol. The van der Waals surface area contributed by atoms with E-state index in [-0.39, 0.29) is 17.4 Å². The summed E-state index contributed by atoms with van der Waals surface area (Å²) in [5.41, 5.74) is 0. The van der Waals surface area contributed by atoms with E-state index >= 15 is 0 Å². The number of hydrogen-bond acceptors (Lipinski definition) is 6. The molecule has 0 spiro atoms. The van der Waals surface area contributed by atoms with Crippen molar-refractivity contribution in [2.24, 2.45) is 0 Å². The number of ether oxygens (including phenoxy) is 1. The number of rotatable bonds is 6. The van der Waals surface area contributed by atoms with Crippen LogP contribution in [0.15, 0.2) is 25.3 Å². The zero-order valence-electron chi connectivity index (χ0n) is 11.8. The molecule has 2 aromatic rings. The van der Waals surface area contributed by atoms with Crippen molar-refractivity contribution >= 4 is 43.1 Å². The van der Waals surface area contributed by atoms with Gasteiger partial charge in [0, 0.05) is 17.6 Å². The lowest BCUT2D eigenvalue weighted by Gasteiger charge is -2.20. The number of anilines is 1. The van der Waals surface area contributed by atoms with Gasteiger partial charge in [0.1, 0.15) is 17.4 Å². The van der Waals surface area contributed by atoms with E-state index in [1.807, 2.05) is 6.92 Å². The van der Waals surface area contributed by atoms with Crippen molar-refractivity contribution < 1.29 is 17.7 Å². The predicted octanol–water partition coefficient (Wildman–Crippen LogP) is 3.30. The van der Waals surface area contributed by atoms with Gasteiger partial charge in [-0.2, -0.15) is 0 Å². The molecule has 6 nitrogen and oxygen atoms in total. The Morgan fingerprint density at radius 2 is 2.14 bits per heavy atom. The molecule has 21 heavy (non-hydrogen) atoms. The maximum atomic E-state index is 12.8. The summed E-state index contributed by atoms with van der Waals surface area (Å²) in [4.78, 5) is 1.10. The molecular weight excluding hydrogens is 380 g/mol. The molecule has 2 heterocycles. The molecule has 0 aliphatic rings.